The molecule has 33 heavy (non-hydrogen) atoms. The lowest BCUT2D eigenvalue weighted by Crippen LogP contribution is -2.43. The zero-order valence-electron chi connectivity index (χ0n) is 19.3. The number of nitrogens with one attached hydrogen (secondary N) is 1. The molecule has 176 valence electrons. The van der Waals surface area contributed by atoms with E-state index in [2.05, 4.69) is 5.32 Å². The van der Waals surface area contributed by atoms with Crippen LogP contribution in [0.2, 0.25) is 0 Å². The number of benzene rings is 1. The molecule has 4 rings (SSSR count). The zero-order valence-corrected chi connectivity index (χ0v) is 19.3. The molecule has 6 nitrogen and oxygen atoms in total. The summed E-state index contributed by atoms with van der Waals surface area (Å²) in [7, 11) is 1.26. The van der Waals surface area contributed by atoms with Gasteiger partial charge in [-0.2, -0.15) is 0 Å². The SMILES string of the molecule is COC(=O)[C@H]1C(=O)C2=C(C[C@H]1C)NC(C)=C(C(=O)OC1CCCCC1)[C@@H]2c1cccc(F)c1. The lowest BCUT2D eigenvalue weighted by atomic mass is 9.69. The molecule has 3 aliphatic rings. The Morgan fingerprint density at radius 1 is 1.15 bits per heavy atom. The van der Waals surface area contributed by atoms with Gasteiger partial charge in [0.2, 0.25) is 0 Å². The molecular formula is C26H30FNO5. The Kier molecular flexibility index (Phi) is 6.68. The molecule has 0 radical (unpaired) electrons. The summed E-state index contributed by atoms with van der Waals surface area (Å²) < 4.78 is 25.0. The second kappa shape index (κ2) is 9.49. The van der Waals surface area contributed by atoms with Crippen molar-refractivity contribution in [1.29, 1.82) is 0 Å². The number of allylic oxidation sites excluding steroid dienone is 3. The van der Waals surface area contributed by atoms with Gasteiger partial charge in [-0.3, -0.25) is 9.59 Å². The fourth-order valence-electron chi connectivity index (χ4n) is 5.37. The van der Waals surface area contributed by atoms with Crippen molar-refractivity contribution < 1.29 is 28.2 Å². The van der Waals surface area contributed by atoms with Gasteiger partial charge in [0.05, 0.1) is 12.7 Å². The molecule has 0 aromatic heterocycles. The molecule has 7 heteroatoms. The molecule has 1 fully saturated rings. The summed E-state index contributed by atoms with van der Waals surface area (Å²) in [5.41, 5.74) is 2.33. The van der Waals surface area contributed by atoms with Crippen LogP contribution in [0.1, 0.15) is 63.9 Å². The maximum atomic E-state index is 14.2. The number of ketones is 1. The summed E-state index contributed by atoms with van der Waals surface area (Å²) in [5.74, 6) is -4.03. The van der Waals surface area contributed by atoms with Gasteiger partial charge in [-0.25, -0.2) is 9.18 Å². The summed E-state index contributed by atoms with van der Waals surface area (Å²) in [6.45, 7) is 3.60. The second-order valence-corrected chi connectivity index (χ2v) is 9.26. The number of ether oxygens (including phenoxy) is 2. The molecule has 1 N–H and O–H groups in total. The van der Waals surface area contributed by atoms with Crippen molar-refractivity contribution in [3.8, 4) is 0 Å². The number of halogens is 1. The molecule has 0 amide bonds. The molecule has 1 aliphatic heterocycles. The number of dihydropyridines is 1. The molecule has 1 aromatic carbocycles. The van der Waals surface area contributed by atoms with Gasteiger partial charge >= 0.3 is 11.9 Å². The molecule has 0 saturated heterocycles. The third-order valence-corrected chi connectivity index (χ3v) is 6.97. The normalized spacial score (nSPS) is 25.9. The van der Waals surface area contributed by atoms with E-state index in [-0.39, 0.29) is 17.6 Å². The lowest BCUT2D eigenvalue weighted by Gasteiger charge is -2.38. The number of rotatable bonds is 4. The summed E-state index contributed by atoms with van der Waals surface area (Å²) in [4.78, 5) is 39.5. The molecule has 3 atom stereocenters. The molecule has 1 heterocycles. The van der Waals surface area contributed by atoms with Crippen LogP contribution in [0.5, 0.6) is 0 Å². The van der Waals surface area contributed by atoms with Crippen molar-refractivity contribution in [1.82, 2.24) is 5.32 Å². The molecule has 0 spiro atoms. The van der Waals surface area contributed by atoms with Gasteiger partial charge in [-0.1, -0.05) is 25.5 Å². The number of Topliss-reactive ketones (excluding diaryl/α,β-unsaturated/α-hetero) is 1. The average Bonchev–Trinajstić information content (AvgIpc) is 2.78. The monoisotopic (exact) mass is 455 g/mol. The minimum absolute atomic E-state index is 0.167. The van der Waals surface area contributed by atoms with E-state index >= 15 is 0 Å². The molecule has 2 aliphatic carbocycles. The van der Waals surface area contributed by atoms with Crippen LogP contribution in [0, 0.1) is 17.7 Å². The highest BCUT2D eigenvalue weighted by molar-refractivity contribution is 6.12. The van der Waals surface area contributed by atoms with E-state index in [1.54, 1.807) is 19.1 Å². The molecule has 1 saturated carbocycles. The summed E-state index contributed by atoms with van der Waals surface area (Å²) in [6, 6.07) is 5.90. The standard InChI is InChI=1S/C26H30FNO5/c1-14-12-19-23(24(29)20(14)25(30)32-3)22(16-8-7-9-17(27)13-16)21(15(2)28-19)26(31)33-18-10-5-4-6-11-18/h7-9,13-14,18,20,22,28H,4-6,10-12H2,1-3H3/t14-,20-,22+/m1/s1. The Labute approximate surface area is 193 Å². The van der Waals surface area contributed by atoms with Crippen LogP contribution in [0.15, 0.2) is 46.8 Å². The minimum atomic E-state index is -0.972. The van der Waals surface area contributed by atoms with E-state index in [9.17, 15) is 18.8 Å². The number of hydrogen-bond acceptors (Lipinski definition) is 6. The summed E-state index contributed by atoms with van der Waals surface area (Å²) >= 11 is 0. The number of hydrogen-bond donors (Lipinski definition) is 1. The van der Waals surface area contributed by atoms with Gasteiger partial charge in [0, 0.05) is 22.9 Å². The summed E-state index contributed by atoms with van der Waals surface area (Å²) in [5, 5.41) is 3.23. The van der Waals surface area contributed by atoms with Crippen LogP contribution < -0.4 is 5.32 Å². The Balaban J connectivity index is 1.78. The highest BCUT2D eigenvalue weighted by atomic mass is 19.1. The van der Waals surface area contributed by atoms with Crippen molar-refractivity contribution in [2.75, 3.05) is 7.11 Å². The first kappa shape index (κ1) is 23.2. The maximum absolute atomic E-state index is 14.2. The van der Waals surface area contributed by atoms with E-state index in [1.807, 2.05) is 6.92 Å². The van der Waals surface area contributed by atoms with Gasteiger partial charge in [0.1, 0.15) is 17.8 Å². The van der Waals surface area contributed by atoms with Crippen LogP contribution in [0.3, 0.4) is 0 Å². The number of carbonyl (C=O) groups is 3. The van der Waals surface area contributed by atoms with Crippen LogP contribution in [-0.2, 0) is 23.9 Å². The van der Waals surface area contributed by atoms with Crippen LogP contribution in [0.4, 0.5) is 4.39 Å². The highest BCUT2D eigenvalue weighted by Gasteiger charge is 2.47. The minimum Gasteiger partial charge on any atom is -0.468 e. The Morgan fingerprint density at radius 3 is 2.55 bits per heavy atom. The maximum Gasteiger partial charge on any atom is 0.337 e. The van der Waals surface area contributed by atoms with E-state index in [0.29, 0.717) is 29.0 Å². The predicted molar refractivity (Wildman–Crippen MR) is 119 cm³/mol. The molecule has 1 aromatic rings. The Morgan fingerprint density at radius 2 is 1.88 bits per heavy atom. The van der Waals surface area contributed by atoms with Crippen molar-refractivity contribution in [2.24, 2.45) is 11.8 Å². The van der Waals surface area contributed by atoms with E-state index < -0.39 is 35.4 Å². The van der Waals surface area contributed by atoms with E-state index in [0.717, 1.165) is 32.1 Å². The van der Waals surface area contributed by atoms with E-state index in [1.165, 1.54) is 19.2 Å². The second-order valence-electron chi connectivity index (χ2n) is 9.26. The van der Waals surface area contributed by atoms with Crippen molar-refractivity contribution >= 4 is 17.7 Å². The van der Waals surface area contributed by atoms with Crippen molar-refractivity contribution in [2.45, 2.75) is 64.4 Å². The first-order valence-electron chi connectivity index (χ1n) is 11.6. The van der Waals surface area contributed by atoms with Gasteiger partial charge in [0.25, 0.3) is 0 Å². The molecule has 0 unspecified atom stereocenters. The Hall–Kier alpha value is -2.96. The zero-order chi connectivity index (χ0) is 23.7. The average molecular weight is 456 g/mol. The number of methoxy groups -OCH3 is 1. The van der Waals surface area contributed by atoms with Crippen LogP contribution in [0.25, 0.3) is 0 Å². The lowest BCUT2D eigenvalue weighted by molar-refractivity contribution is -0.151. The third kappa shape index (κ3) is 4.45. The smallest absolute Gasteiger partial charge is 0.337 e. The molecular weight excluding hydrogens is 425 g/mol. The quantitative estimate of drug-likeness (QED) is 0.538. The topological polar surface area (TPSA) is 81.7 Å². The third-order valence-electron chi connectivity index (χ3n) is 6.97. The fraction of sp³-hybridized carbons (Fsp3) is 0.500. The largest absolute Gasteiger partial charge is 0.468 e. The van der Waals surface area contributed by atoms with Gasteiger partial charge in [-0.15, -0.1) is 0 Å². The highest BCUT2D eigenvalue weighted by Crippen LogP contribution is 2.45. The predicted octanol–water partition coefficient (Wildman–Crippen LogP) is 4.31. The van der Waals surface area contributed by atoms with Gasteiger partial charge in [-0.05, 0) is 62.6 Å². The van der Waals surface area contributed by atoms with Gasteiger partial charge < -0.3 is 14.8 Å². The molecule has 0 bridgehead atoms. The van der Waals surface area contributed by atoms with E-state index in [4.69, 9.17) is 9.47 Å². The van der Waals surface area contributed by atoms with Gasteiger partial charge in [0.15, 0.2) is 5.78 Å². The van der Waals surface area contributed by atoms with Crippen LogP contribution in [-0.4, -0.2) is 30.9 Å². The fourth-order valence-corrected chi connectivity index (χ4v) is 5.37. The van der Waals surface area contributed by atoms with Crippen molar-refractivity contribution in [3.05, 3.63) is 58.2 Å². The summed E-state index contributed by atoms with van der Waals surface area (Å²) in [6.07, 6.45) is 5.04. The van der Waals surface area contributed by atoms with Crippen LogP contribution >= 0.6 is 0 Å². The number of esters is 2. The number of carbonyl (C=O) groups excluding carboxylic acids is 3. The first-order valence-corrected chi connectivity index (χ1v) is 11.6. The Bertz CT molecular complexity index is 1040. The van der Waals surface area contributed by atoms with Crippen molar-refractivity contribution in [3.63, 3.8) is 0 Å². The first-order chi connectivity index (χ1) is 15.8.